The van der Waals surface area contributed by atoms with E-state index < -0.39 is 0 Å². The number of nitrogens with zero attached hydrogens (tertiary/aromatic N) is 7. The van der Waals surface area contributed by atoms with Gasteiger partial charge in [0.05, 0.1) is 6.20 Å². The quantitative estimate of drug-likeness (QED) is 0.453. The van der Waals surface area contributed by atoms with Crippen LogP contribution in [0.4, 0.5) is 5.82 Å². The Balaban J connectivity index is 1.35. The van der Waals surface area contributed by atoms with Gasteiger partial charge in [-0.15, -0.1) is 0 Å². The van der Waals surface area contributed by atoms with Crippen LogP contribution in [0.5, 0.6) is 5.75 Å². The lowest BCUT2D eigenvalue weighted by molar-refractivity contribution is 0.306. The summed E-state index contributed by atoms with van der Waals surface area (Å²) < 4.78 is 7.93. The summed E-state index contributed by atoms with van der Waals surface area (Å²) in [6, 6.07) is 18.4. The summed E-state index contributed by atoms with van der Waals surface area (Å²) in [5.74, 6) is 2.47. The summed E-state index contributed by atoms with van der Waals surface area (Å²) >= 11 is 0. The average molecular weight is 468 g/mol. The van der Waals surface area contributed by atoms with E-state index in [1.807, 2.05) is 41.0 Å². The predicted molar refractivity (Wildman–Crippen MR) is 136 cm³/mol. The van der Waals surface area contributed by atoms with Crippen LogP contribution in [0.15, 0.2) is 72.1 Å². The zero-order valence-electron chi connectivity index (χ0n) is 19.6. The number of hydrogen-bond acceptors (Lipinski definition) is 7. The zero-order valence-corrected chi connectivity index (χ0v) is 19.6. The van der Waals surface area contributed by atoms with Gasteiger partial charge >= 0.3 is 0 Å². The van der Waals surface area contributed by atoms with Crippen molar-refractivity contribution >= 4 is 17.3 Å². The van der Waals surface area contributed by atoms with Crippen molar-refractivity contribution in [3.8, 4) is 16.9 Å². The first kappa shape index (κ1) is 21.4. The standard InChI is InChI=1S/C26H27N8O/c1-32-30-24(29-31-32)23-17-28-34-25(23)27-16-22(26(34)33-14-6-3-7-15-33)20-10-12-21(13-11-20)35-18-19-8-4-2-5-9-19/h2,4-5,8-13,16-17,31H,3,6-7,14-15,18H2,1H3/q-1. The lowest BCUT2D eigenvalue weighted by Gasteiger charge is -2.30. The summed E-state index contributed by atoms with van der Waals surface area (Å²) in [6.07, 6.45) is 7.33. The molecule has 0 saturated carbocycles. The number of hydrazine groups is 1. The minimum absolute atomic E-state index is 0.543. The van der Waals surface area contributed by atoms with Crippen molar-refractivity contribution in [2.75, 3.05) is 25.0 Å². The number of fused-ring (bicyclic) bond motifs is 1. The number of hydrogen-bond donors (Lipinski definition) is 1. The molecule has 35 heavy (non-hydrogen) atoms. The molecule has 9 heteroatoms. The molecule has 4 heterocycles. The number of hydrazone groups is 1. The van der Waals surface area contributed by atoms with Crippen LogP contribution in [0.3, 0.4) is 0 Å². The smallest absolute Gasteiger partial charge is 0.164 e. The molecule has 1 fully saturated rings. The van der Waals surface area contributed by atoms with E-state index >= 15 is 0 Å². The lowest BCUT2D eigenvalue weighted by Crippen LogP contribution is -2.32. The van der Waals surface area contributed by atoms with Gasteiger partial charge in [0.15, 0.2) is 5.65 Å². The third kappa shape index (κ3) is 4.26. The van der Waals surface area contributed by atoms with E-state index in [-0.39, 0.29) is 0 Å². The number of anilines is 1. The minimum Gasteiger partial charge on any atom is -0.489 e. The Kier molecular flexibility index (Phi) is 5.67. The van der Waals surface area contributed by atoms with Gasteiger partial charge < -0.3 is 25.3 Å². The highest BCUT2D eigenvalue weighted by molar-refractivity contribution is 6.12. The highest BCUT2D eigenvalue weighted by Crippen LogP contribution is 2.34. The number of nitrogens with one attached hydrogen (secondary N) is 1. The first-order valence-electron chi connectivity index (χ1n) is 11.9. The van der Waals surface area contributed by atoms with Crippen molar-refractivity contribution in [3.63, 3.8) is 0 Å². The van der Waals surface area contributed by atoms with Crippen LogP contribution in [0.1, 0.15) is 30.4 Å². The van der Waals surface area contributed by atoms with Gasteiger partial charge in [-0.3, -0.25) is 0 Å². The number of aromatic nitrogens is 3. The molecule has 1 saturated heterocycles. The fraction of sp³-hybridized carbons (Fsp3) is 0.269. The maximum absolute atomic E-state index is 5.99. The van der Waals surface area contributed by atoms with Crippen LogP contribution in [0.2, 0.25) is 0 Å². The predicted octanol–water partition coefficient (Wildman–Crippen LogP) is 4.37. The number of piperidine rings is 1. The maximum Gasteiger partial charge on any atom is 0.164 e. The van der Waals surface area contributed by atoms with E-state index in [4.69, 9.17) is 14.8 Å². The fourth-order valence-electron chi connectivity index (χ4n) is 4.58. The Bertz CT molecular complexity index is 1340. The number of rotatable bonds is 6. The molecule has 4 aromatic rings. The molecule has 0 spiro atoms. The van der Waals surface area contributed by atoms with Crippen LogP contribution < -0.4 is 15.2 Å². The SMILES string of the molecule is CN1N=C(c2cnn3c(N4CCCCC4)c(-c4ccc(OCc5ccccc5)cc4)cnc23)[N-]N1. The summed E-state index contributed by atoms with van der Waals surface area (Å²) in [5, 5.41) is 10.7. The first-order valence-corrected chi connectivity index (χ1v) is 11.9. The van der Waals surface area contributed by atoms with Crippen LogP contribution in [-0.4, -0.2) is 45.7 Å². The molecule has 9 nitrogen and oxygen atoms in total. The molecule has 6 rings (SSSR count). The molecule has 2 aliphatic heterocycles. The van der Waals surface area contributed by atoms with Crippen molar-refractivity contribution < 1.29 is 4.74 Å². The van der Waals surface area contributed by atoms with E-state index in [2.05, 4.69) is 45.2 Å². The summed E-state index contributed by atoms with van der Waals surface area (Å²) in [5.41, 5.74) is 11.9. The Morgan fingerprint density at radius 3 is 2.49 bits per heavy atom. The van der Waals surface area contributed by atoms with E-state index in [0.717, 1.165) is 52.6 Å². The third-order valence-corrected chi connectivity index (χ3v) is 6.36. The van der Waals surface area contributed by atoms with Crippen LogP contribution in [-0.2, 0) is 6.61 Å². The fourth-order valence-corrected chi connectivity index (χ4v) is 4.58. The summed E-state index contributed by atoms with van der Waals surface area (Å²) in [4.78, 5) is 7.22. The number of amidine groups is 1. The molecule has 2 aliphatic rings. The molecule has 0 atom stereocenters. The molecule has 0 bridgehead atoms. The molecule has 0 aliphatic carbocycles. The molecule has 0 radical (unpaired) electrons. The van der Waals surface area contributed by atoms with Crippen molar-refractivity contribution in [3.05, 3.63) is 83.5 Å². The number of benzene rings is 2. The minimum atomic E-state index is 0.543. The molecule has 2 aromatic heterocycles. The molecule has 178 valence electrons. The van der Waals surface area contributed by atoms with Crippen molar-refractivity contribution in [2.45, 2.75) is 25.9 Å². The van der Waals surface area contributed by atoms with Gasteiger partial charge in [0.1, 0.15) is 18.2 Å². The normalized spacial score (nSPS) is 15.9. The van der Waals surface area contributed by atoms with Gasteiger partial charge in [-0.2, -0.15) is 9.61 Å². The Hall–Kier alpha value is -4.11. The average Bonchev–Trinajstić information content (AvgIpc) is 3.54. The van der Waals surface area contributed by atoms with Crippen molar-refractivity contribution in [1.29, 1.82) is 0 Å². The highest BCUT2D eigenvalue weighted by atomic mass is 16.5. The van der Waals surface area contributed by atoms with E-state index in [0.29, 0.717) is 12.4 Å². The van der Waals surface area contributed by atoms with Crippen molar-refractivity contribution in [1.82, 2.24) is 25.3 Å². The van der Waals surface area contributed by atoms with Gasteiger partial charge in [0.2, 0.25) is 0 Å². The molecular formula is C26H27N8O-. The van der Waals surface area contributed by atoms with E-state index in [1.54, 1.807) is 18.4 Å². The maximum atomic E-state index is 5.99. The number of ether oxygens (including phenoxy) is 1. The summed E-state index contributed by atoms with van der Waals surface area (Å²) in [6.45, 7) is 2.53. The molecule has 2 aromatic carbocycles. The van der Waals surface area contributed by atoms with Crippen LogP contribution >= 0.6 is 0 Å². The monoisotopic (exact) mass is 467 g/mol. The van der Waals surface area contributed by atoms with Gasteiger partial charge in [-0.1, -0.05) is 42.5 Å². The first-order chi connectivity index (χ1) is 17.3. The topological polar surface area (TPSA) is 84.4 Å². The lowest BCUT2D eigenvalue weighted by atomic mass is 10.1. The third-order valence-electron chi connectivity index (χ3n) is 6.36. The Morgan fingerprint density at radius 2 is 1.74 bits per heavy atom. The van der Waals surface area contributed by atoms with E-state index in [1.165, 1.54) is 19.3 Å². The highest BCUT2D eigenvalue weighted by Gasteiger charge is 2.22. The molecule has 0 amide bonds. The second kappa shape index (κ2) is 9.27. The molecule has 1 N–H and O–H groups in total. The van der Waals surface area contributed by atoms with Gasteiger partial charge in [0.25, 0.3) is 0 Å². The van der Waals surface area contributed by atoms with Crippen LogP contribution in [0.25, 0.3) is 22.2 Å². The Labute approximate surface area is 204 Å². The zero-order chi connectivity index (χ0) is 23.6. The second-order valence-corrected chi connectivity index (χ2v) is 8.79. The molecular weight excluding hydrogens is 440 g/mol. The second-order valence-electron chi connectivity index (χ2n) is 8.79. The van der Waals surface area contributed by atoms with Crippen LogP contribution in [0, 0.1) is 0 Å². The van der Waals surface area contributed by atoms with Crippen molar-refractivity contribution in [2.24, 2.45) is 5.10 Å². The van der Waals surface area contributed by atoms with Gasteiger partial charge in [-0.05, 0) is 48.4 Å². The Morgan fingerprint density at radius 1 is 0.943 bits per heavy atom. The van der Waals surface area contributed by atoms with E-state index in [9.17, 15) is 0 Å². The molecule has 0 unspecified atom stereocenters. The van der Waals surface area contributed by atoms with Gasteiger partial charge in [-0.25, -0.2) is 10.5 Å². The largest absolute Gasteiger partial charge is 0.489 e. The summed E-state index contributed by atoms with van der Waals surface area (Å²) in [7, 11) is 1.81. The van der Waals surface area contributed by atoms with Gasteiger partial charge in [0, 0.05) is 37.5 Å².